The van der Waals surface area contributed by atoms with E-state index in [0.717, 1.165) is 11.0 Å². The van der Waals surface area contributed by atoms with E-state index in [4.69, 9.17) is 39.2 Å². The van der Waals surface area contributed by atoms with E-state index in [1.165, 1.54) is 23.9 Å². The first-order chi connectivity index (χ1) is 14.5. The SMILES string of the molecule is CCn1c(SCC(=O)Nc2cc(Cl)c(Cl)cc2Cl)nnc1-c1cc2ccccc2o1. The molecule has 30 heavy (non-hydrogen) atoms. The lowest BCUT2D eigenvalue weighted by atomic mass is 10.2. The fourth-order valence-corrected chi connectivity index (χ4v) is 4.29. The number of hydrogen-bond acceptors (Lipinski definition) is 5. The van der Waals surface area contributed by atoms with Crippen LogP contribution in [0.25, 0.3) is 22.6 Å². The number of rotatable bonds is 6. The van der Waals surface area contributed by atoms with E-state index in [-0.39, 0.29) is 11.7 Å². The summed E-state index contributed by atoms with van der Waals surface area (Å²) < 4.78 is 7.80. The van der Waals surface area contributed by atoms with Crippen LogP contribution in [0.3, 0.4) is 0 Å². The minimum Gasteiger partial charge on any atom is -0.453 e. The summed E-state index contributed by atoms with van der Waals surface area (Å²) in [5.41, 5.74) is 1.18. The van der Waals surface area contributed by atoms with Gasteiger partial charge in [-0.25, -0.2) is 0 Å². The summed E-state index contributed by atoms with van der Waals surface area (Å²) in [6, 6.07) is 12.7. The summed E-state index contributed by atoms with van der Waals surface area (Å²) in [6.07, 6.45) is 0. The summed E-state index contributed by atoms with van der Waals surface area (Å²) in [5.74, 6) is 1.11. The number of nitrogens with one attached hydrogen (secondary N) is 1. The molecule has 0 bridgehead atoms. The van der Waals surface area contributed by atoms with Crippen molar-refractivity contribution in [2.24, 2.45) is 0 Å². The van der Waals surface area contributed by atoms with Crippen LogP contribution in [-0.4, -0.2) is 26.4 Å². The van der Waals surface area contributed by atoms with Crippen LogP contribution in [0.2, 0.25) is 15.1 Å². The van der Waals surface area contributed by atoms with E-state index in [9.17, 15) is 4.79 Å². The largest absolute Gasteiger partial charge is 0.453 e. The van der Waals surface area contributed by atoms with Crippen molar-refractivity contribution in [3.05, 3.63) is 57.5 Å². The second kappa shape index (κ2) is 8.89. The maximum atomic E-state index is 12.4. The summed E-state index contributed by atoms with van der Waals surface area (Å²) in [4.78, 5) is 12.4. The van der Waals surface area contributed by atoms with E-state index in [0.29, 0.717) is 44.0 Å². The minimum absolute atomic E-state index is 0.120. The fourth-order valence-electron chi connectivity index (χ4n) is 2.89. The van der Waals surface area contributed by atoms with Crippen molar-refractivity contribution in [2.45, 2.75) is 18.6 Å². The number of furan rings is 1. The smallest absolute Gasteiger partial charge is 0.234 e. The number of amides is 1. The van der Waals surface area contributed by atoms with Crippen molar-refractivity contribution in [3.63, 3.8) is 0 Å². The Balaban J connectivity index is 1.49. The number of anilines is 1. The van der Waals surface area contributed by atoms with Gasteiger partial charge >= 0.3 is 0 Å². The van der Waals surface area contributed by atoms with Gasteiger partial charge in [-0.1, -0.05) is 64.8 Å². The summed E-state index contributed by atoms with van der Waals surface area (Å²) in [6.45, 7) is 2.61. The number of aromatic nitrogens is 3. The number of fused-ring (bicyclic) bond motifs is 1. The van der Waals surface area contributed by atoms with Gasteiger partial charge in [-0.15, -0.1) is 10.2 Å². The Hall–Kier alpha value is -2.19. The Morgan fingerprint density at radius 2 is 1.87 bits per heavy atom. The maximum Gasteiger partial charge on any atom is 0.234 e. The molecule has 154 valence electrons. The molecule has 0 saturated heterocycles. The van der Waals surface area contributed by atoms with E-state index >= 15 is 0 Å². The van der Waals surface area contributed by atoms with Gasteiger partial charge in [-0.3, -0.25) is 9.36 Å². The molecule has 0 unspecified atom stereocenters. The van der Waals surface area contributed by atoms with E-state index in [1.54, 1.807) is 0 Å². The Morgan fingerprint density at radius 1 is 1.10 bits per heavy atom. The number of carbonyl (C=O) groups excluding carboxylic acids is 1. The molecule has 0 aliphatic carbocycles. The number of nitrogens with zero attached hydrogens (tertiary/aromatic N) is 3. The molecule has 1 N–H and O–H groups in total. The Bertz CT molecular complexity index is 1210. The monoisotopic (exact) mass is 480 g/mol. The van der Waals surface area contributed by atoms with Crippen molar-refractivity contribution in [3.8, 4) is 11.6 Å². The zero-order valence-corrected chi connectivity index (χ0v) is 18.7. The second-order valence-electron chi connectivity index (χ2n) is 6.28. The first-order valence-electron chi connectivity index (χ1n) is 8.95. The van der Waals surface area contributed by atoms with Crippen LogP contribution in [0, 0.1) is 0 Å². The molecule has 4 rings (SSSR count). The van der Waals surface area contributed by atoms with Crippen molar-refractivity contribution in [2.75, 3.05) is 11.1 Å². The molecule has 2 aromatic carbocycles. The van der Waals surface area contributed by atoms with Crippen LogP contribution in [0.5, 0.6) is 0 Å². The second-order valence-corrected chi connectivity index (χ2v) is 8.45. The lowest BCUT2D eigenvalue weighted by molar-refractivity contribution is -0.113. The fraction of sp³-hybridized carbons (Fsp3) is 0.150. The highest BCUT2D eigenvalue weighted by molar-refractivity contribution is 7.99. The van der Waals surface area contributed by atoms with Crippen LogP contribution < -0.4 is 5.32 Å². The lowest BCUT2D eigenvalue weighted by Crippen LogP contribution is -2.15. The first-order valence-corrected chi connectivity index (χ1v) is 11.1. The van der Waals surface area contributed by atoms with Crippen molar-refractivity contribution >= 4 is 69.1 Å². The molecule has 0 aliphatic heterocycles. The Morgan fingerprint density at radius 3 is 2.63 bits per heavy atom. The standard InChI is InChI=1S/C20H15Cl3N4O2S/c1-2-27-19(17-7-11-5-3-4-6-16(11)29-17)25-26-20(27)30-10-18(28)24-15-9-13(22)12(21)8-14(15)23/h3-9H,2,10H2,1H3,(H,24,28). The first kappa shape index (κ1) is 21.1. The number of halogens is 3. The van der Waals surface area contributed by atoms with Gasteiger partial charge in [-0.05, 0) is 31.2 Å². The van der Waals surface area contributed by atoms with Gasteiger partial charge in [-0.2, -0.15) is 0 Å². The third kappa shape index (κ3) is 4.30. The van der Waals surface area contributed by atoms with Crippen molar-refractivity contribution in [1.82, 2.24) is 14.8 Å². The normalized spacial score (nSPS) is 11.2. The van der Waals surface area contributed by atoms with Gasteiger partial charge in [0.25, 0.3) is 0 Å². The van der Waals surface area contributed by atoms with Crippen LogP contribution in [0.15, 0.2) is 52.0 Å². The third-order valence-corrected chi connectivity index (χ3v) is 6.30. The minimum atomic E-state index is -0.253. The van der Waals surface area contributed by atoms with Gasteiger partial charge in [0.15, 0.2) is 10.9 Å². The average Bonchev–Trinajstić information content (AvgIpc) is 3.33. The summed E-state index contributed by atoms with van der Waals surface area (Å²) >= 11 is 19.3. The van der Waals surface area contributed by atoms with Crippen molar-refractivity contribution < 1.29 is 9.21 Å². The Kier molecular flexibility index (Phi) is 6.24. The molecule has 6 nitrogen and oxygen atoms in total. The molecule has 0 atom stereocenters. The molecule has 0 saturated carbocycles. The maximum absolute atomic E-state index is 12.4. The van der Waals surface area contributed by atoms with E-state index in [2.05, 4.69) is 15.5 Å². The predicted octanol–water partition coefficient (Wildman–Crippen LogP) is 6.40. The molecule has 0 spiro atoms. The van der Waals surface area contributed by atoms with Gasteiger partial charge in [0.1, 0.15) is 5.58 Å². The molecular weight excluding hydrogens is 467 g/mol. The molecular formula is C20H15Cl3N4O2S. The number of hydrogen-bond donors (Lipinski definition) is 1. The van der Waals surface area contributed by atoms with Gasteiger partial charge in [0.2, 0.25) is 11.7 Å². The topological polar surface area (TPSA) is 73.0 Å². The van der Waals surface area contributed by atoms with Crippen LogP contribution in [0.1, 0.15) is 6.92 Å². The molecule has 2 heterocycles. The van der Waals surface area contributed by atoms with Crippen LogP contribution in [-0.2, 0) is 11.3 Å². The summed E-state index contributed by atoms with van der Waals surface area (Å²) in [7, 11) is 0. The van der Waals surface area contributed by atoms with Crippen molar-refractivity contribution in [1.29, 1.82) is 0 Å². The average molecular weight is 482 g/mol. The number of benzene rings is 2. The van der Waals surface area contributed by atoms with E-state index < -0.39 is 0 Å². The predicted molar refractivity (Wildman–Crippen MR) is 122 cm³/mol. The molecule has 4 aromatic rings. The highest BCUT2D eigenvalue weighted by atomic mass is 35.5. The quantitative estimate of drug-likeness (QED) is 0.255. The molecule has 2 aromatic heterocycles. The molecule has 1 amide bonds. The Labute approximate surface area is 191 Å². The zero-order chi connectivity index (χ0) is 21.3. The lowest BCUT2D eigenvalue weighted by Gasteiger charge is -2.09. The zero-order valence-electron chi connectivity index (χ0n) is 15.7. The number of para-hydroxylation sites is 1. The third-order valence-electron chi connectivity index (χ3n) is 4.30. The number of carbonyl (C=O) groups is 1. The van der Waals surface area contributed by atoms with E-state index in [1.807, 2.05) is 41.8 Å². The van der Waals surface area contributed by atoms with Gasteiger partial charge in [0, 0.05) is 11.9 Å². The summed E-state index contributed by atoms with van der Waals surface area (Å²) in [5, 5.41) is 13.8. The van der Waals surface area contributed by atoms with Crippen LogP contribution in [0.4, 0.5) is 5.69 Å². The van der Waals surface area contributed by atoms with Crippen LogP contribution >= 0.6 is 46.6 Å². The highest BCUT2D eigenvalue weighted by Gasteiger charge is 2.18. The highest BCUT2D eigenvalue weighted by Crippen LogP contribution is 2.33. The number of thioether (sulfide) groups is 1. The van der Waals surface area contributed by atoms with Gasteiger partial charge < -0.3 is 9.73 Å². The molecule has 10 heteroatoms. The molecule has 0 fully saturated rings. The van der Waals surface area contributed by atoms with Gasteiger partial charge in [0.05, 0.1) is 26.5 Å². The molecule has 0 radical (unpaired) electrons. The molecule has 0 aliphatic rings.